The zero-order valence-electron chi connectivity index (χ0n) is 13.2. The summed E-state index contributed by atoms with van der Waals surface area (Å²) >= 11 is 0. The lowest BCUT2D eigenvalue weighted by molar-refractivity contribution is -0.126. The lowest BCUT2D eigenvalue weighted by atomic mass is 10.1. The van der Waals surface area contributed by atoms with E-state index < -0.39 is 6.04 Å². The number of amides is 2. The van der Waals surface area contributed by atoms with Crippen molar-refractivity contribution in [3.8, 4) is 0 Å². The highest BCUT2D eigenvalue weighted by molar-refractivity contribution is 6.02. The van der Waals surface area contributed by atoms with Gasteiger partial charge in [-0.05, 0) is 24.5 Å². The Labute approximate surface area is 131 Å². The molecule has 0 radical (unpaired) electrons. The van der Waals surface area contributed by atoms with Gasteiger partial charge in [0.25, 0.3) is 0 Å². The van der Waals surface area contributed by atoms with Crippen molar-refractivity contribution in [2.75, 3.05) is 4.90 Å². The summed E-state index contributed by atoms with van der Waals surface area (Å²) in [5.74, 6) is -0.0655. The maximum Gasteiger partial charge on any atom is 0.243 e. The van der Waals surface area contributed by atoms with Crippen LogP contribution in [-0.2, 0) is 16.0 Å². The normalized spacial score (nSPS) is 22.0. The summed E-state index contributed by atoms with van der Waals surface area (Å²) in [6.45, 7) is 1.54. The van der Waals surface area contributed by atoms with Crippen LogP contribution in [0.4, 0.5) is 5.69 Å². The summed E-state index contributed by atoms with van der Waals surface area (Å²) in [4.78, 5) is 26.4. The number of fused-ring (bicyclic) bond motifs is 1. The number of nitrogens with one attached hydrogen (secondary N) is 1. The van der Waals surface area contributed by atoms with Crippen molar-refractivity contribution < 1.29 is 9.59 Å². The minimum atomic E-state index is -0.391. The molecular weight excluding hydrogens is 276 g/mol. The van der Waals surface area contributed by atoms with Gasteiger partial charge in [0.15, 0.2) is 0 Å². The van der Waals surface area contributed by atoms with Gasteiger partial charge in [-0.15, -0.1) is 0 Å². The van der Waals surface area contributed by atoms with Gasteiger partial charge in [-0.1, -0.05) is 43.9 Å². The lowest BCUT2D eigenvalue weighted by Gasteiger charge is -2.26. The molecule has 1 fully saturated rings. The van der Waals surface area contributed by atoms with Crippen molar-refractivity contribution in [3.63, 3.8) is 0 Å². The first-order valence-electron chi connectivity index (χ1n) is 8.35. The highest BCUT2D eigenvalue weighted by atomic mass is 16.2. The maximum atomic E-state index is 12.7. The Balaban J connectivity index is 1.73. The minimum absolute atomic E-state index is 0.00157. The van der Waals surface area contributed by atoms with Crippen LogP contribution in [0.5, 0.6) is 0 Å². The van der Waals surface area contributed by atoms with Crippen LogP contribution < -0.4 is 10.2 Å². The Kier molecular flexibility index (Phi) is 4.46. The molecule has 0 bridgehead atoms. The third-order valence-corrected chi connectivity index (χ3v) is 4.82. The van der Waals surface area contributed by atoms with Gasteiger partial charge in [0.1, 0.15) is 6.04 Å². The van der Waals surface area contributed by atoms with Crippen LogP contribution in [0.2, 0.25) is 0 Å². The van der Waals surface area contributed by atoms with Crippen LogP contribution in [0.15, 0.2) is 24.3 Å². The summed E-state index contributed by atoms with van der Waals surface area (Å²) in [5.41, 5.74) is 1.97. The van der Waals surface area contributed by atoms with Gasteiger partial charge >= 0.3 is 0 Å². The highest BCUT2D eigenvalue weighted by Crippen LogP contribution is 2.32. The molecule has 4 nitrogen and oxygen atoms in total. The maximum absolute atomic E-state index is 12.7. The molecule has 1 aliphatic heterocycles. The predicted molar refractivity (Wildman–Crippen MR) is 86.7 cm³/mol. The number of hydrogen-bond acceptors (Lipinski definition) is 2. The number of carbonyl (C=O) groups is 2. The van der Waals surface area contributed by atoms with Gasteiger partial charge in [0.2, 0.25) is 11.8 Å². The van der Waals surface area contributed by atoms with Crippen LogP contribution in [0.3, 0.4) is 0 Å². The van der Waals surface area contributed by atoms with E-state index >= 15 is 0 Å². The largest absolute Gasteiger partial charge is 0.352 e. The second-order valence-corrected chi connectivity index (χ2v) is 6.43. The van der Waals surface area contributed by atoms with E-state index in [2.05, 4.69) is 5.32 Å². The molecule has 22 heavy (non-hydrogen) atoms. The first-order valence-corrected chi connectivity index (χ1v) is 8.35. The number of anilines is 1. The Morgan fingerprint density at radius 2 is 1.77 bits per heavy atom. The van der Waals surface area contributed by atoms with E-state index in [9.17, 15) is 9.59 Å². The lowest BCUT2D eigenvalue weighted by Crippen LogP contribution is -2.50. The first-order chi connectivity index (χ1) is 10.7. The quantitative estimate of drug-likeness (QED) is 0.854. The van der Waals surface area contributed by atoms with Crippen LogP contribution in [-0.4, -0.2) is 23.9 Å². The van der Waals surface area contributed by atoms with E-state index in [0.717, 1.165) is 24.1 Å². The molecular formula is C18H24N2O2. The molecule has 1 saturated carbocycles. The number of rotatable bonds is 2. The SMILES string of the molecule is CC(=O)N1c2ccccc2C[C@@H]1C(=O)NC1CCCCCC1. The molecule has 2 amide bonds. The molecule has 1 aromatic carbocycles. The van der Waals surface area contributed by atoms with Crippen molar-refractivity contribution >= 4 is 17.5 Å². The zero-order chi connectivity index (χ0) is 15.5. The molecule has 0 spiro atoms. The average Bonchev–Trinajstić information content (AvgIpc) is 2.72. The molecule has 0 unspecified atom stereocenters. The predicted octanol–water partition coefficient (Wildman–Crippen LogP) is 2.80. The Morgan fingerprint density at radius 1 is 1.09 bits per heavy atom. The topological polar surface area (TPSA) is 49.4 Å². The van der Waals surface area contributed by atoms with Crippen LogP contribution in [0.25, 0.3) is 0 Å². The van der Waals surface area contributed by atoms with Crippen molar-refractivity contribution in [2.45, 2.75) is 64.0 Å². The Bertz CT molecular complexity index is 562. The third-order valence-electron chi connectivity index (χ3n) is 4.82. The fourth-order valence-corrected chi connectivity index (χ4v) is 3.71. The van der Waals surface area contributed by atoms with E-state index in [-0.39, 0.29) is 17.9 Å². The second-order valence-electron chi connectivity index (χ2n) is 6.43. The number of benzene rings is 1. The molecule has 0 aromatic heterocycles. The summed E-state index contributed by atoms with van der Waals surface area (Å²) in [7, 11) is 0. The summed E-state index contributed by atoms with van der Waals surface area (Å²) in [6, 6.07) is 7.69. The van der Waals surface area contributed by atoms with E-state index in [1.165, 1.54) is 32.6 Å². The fraction of sp³-hybridized carbons (Fsp3) is 0.556. The Hall–Kier alpha value is -1.84. The summed E-state index contributed by atoms with van der Waals surface area (Å²) in [6.07, 6.45) is 7.64. The van der Waals surface area contributed by atoms with E-state index in [4.69, 9.17) is 0 Å². The van der Waals surface area contributed by atoms with Crippen LogP contribution in [0.1, 0.15) is 51.0 Å². The molecule has 2 aliphatic rings. The molecule has 1 aliphatic carbocycles. The van der Waals surface area contributed by atoms with Gasteiger partial charge in [-0.25, -0.2) is 0 Å². The standard InChI is InChI=1S/C18H24N2O2/c1-13(21)20-16-11-7-6-8-14(16)12-17(20)18(22)19-15-9-4-2-3-5-10-15/h6-8,11,15,17H,2-5,9-10,12H2,1H3,(H,19,22)/t17-/m1/s1. The molecule has 4 heteroatoms. The average molecular weight is 300 g/mol. The number of carbonyl (C=O) groups excluding carboxylic acids is 2. The monoisotopic (exact) mass is 300 g/mol. The van der Waals surface area contributed by atoms with E-state index in [1.54, 1.807) is 4.90 Å². The van der Waals surface area contributed by atoms with E-state index in [1.807, 2.05) is 24.3 Å². The second kappa shape index (κ2) is 6.51. The third kappa shape index (κ3) is 3.01. The van der Waals surface area contributed by atoms with E-state index in [0.29, 0.717) is 6.42 Å². The smallest absolute Gasteiger partial charge is 0.243 e. The molecule has 1 aromatic rings. The Morgan fingerprint density at radius 3 is 2.45 bits per heavy atom. The van der Waals surface area contributed by atoms with Crippen molar-refractivity contribution in [3.05, 3.63) is 29.8 Å². The van der Waals surface area contributed by atoms with Crippen molar-refractivity contribution in [1.82, 2.24) is 5.32 Å². The molecule has 1 heterocycles. The number of para-hydroxylation sites is 1. The molecule has 118 valence electrons. The molecule has 3 rings (SSSR count). The highest BCUT2D eigenvalue weighted by Gasteiger charge is 2.37. The first kappa shape index (κ1) is 15.1. The van der Waals surface area contributed by atoms with Crippen LogP contribution in [0, 0.1) is 0 Å². The van der Waals surface area contributed by atoms with Crippen molar-refractivity contribution in [1.29, 1.82) is 0 Å². The summed E-state index contributed by atoms with van der Waals surface area (Å²) < 4.78 is 0. The van der Waals surface area contributed by atoms with Gasteiger partial charge in [-0.2, -0.15) is 0 Å². The van der Waals surface area contributed by atoms with Gasteiger partial charge in [-0.3, -0.25) is 14.5 Å². The number of hydrogen-bond donors (Lipinski definition) is 1. The fourth-order valence-electron chi connectivity index (χ4n) is 3.71. The molecule has 1 atom stereocenters. The summed E-state index contributed by atoms with van der Waals surface area (Å²) in [5, 5.41) is 3.19. The molecule has 0 saturated heterocycles. The number of nitrogens with zero attached hydrogens (tertiary/aromatic N) is 1. The van der Waals surface area contributed by atoms with Crippen LogP contribution >= 0.6 is 0 Å². The minimum Gasteiger partial charge on any atom is -0.352 e. The molecule has 1 N–H and O–H groups in total. The van der Waals surface area contributed by atoms with Gasteiger partial charge in [0.05, 0.1) is 0 Å². The van der Waals surface area contributed by atoms with Crippen molar-refractivity contribution in [2.24, 2.45) is 0 Å². The van der Waals surface area contributed by atoms with Gasteiger partial charge < -0.3 is 5.32 Å². The zero-order valence-corrected chi connectivity index (χ0v) is 13.2. The van der Waals surface area contributed by atoms with Gasteiger partial charge in [0, 0.05) is 25.1 Å².